The van der Waals surface area contributed by atoms with Gasteiger partial charge < -0.3 is 20.5 Å². The Morgan fingerprint density at radius 1 is 1.24 bits per heavy atom. The molecule has 0 aliphatic carbocycles. The number of aliphatic hydroxyl groups excluding tert-OH is 1. The van der Waals surface area contributed by atoms with Crippen LogP contribution in [0.4, 0.5) is 4.79 Å². The molecule has 1 aliphatic heterocycles. The molecule has 34 heavy (non-hydrogen) atoms. The van der Waals surface area contributed by atoms with Crippen LogP contribution in [0.1, 0.15) is 37.0 Å². The van der Waals surface area contributed by atoms with E-state index < -0.39 is 24.3 Å². The van der Waals surface area contributed by atoms with Crippen molar-refractivity contribution in [1.82, 2.24) is 20.5 Å². The second-order valence-electron chi connectivity index (χ2n) is 8.95. The average Bonchev–Trinajstić information content (AvgIpc) is 3.16. The number of nitrogens with one attached hydrogen (secondary N) is 2. The molecule has 180 valence electrons. The van der Waals surface area contributed by atoms with E-state index in [9.17, 15) is 14.7 Å². The zero-order valence-corrected chi connectivity index (χ0v) is 19.5. The summed E-state index contributed by atoms with van der Waals surface area (Å²) in [4.78, 5) is 31.2. The number of alkyl carbamates (subject to hydrolysis) is 1. The van der Waals surface area contributed by atoms with Crippen LogP contribution in [0, 0.1) is 17.2 Å². The van der Waals surface area contributed by atoms with Crippen molar-refractivity contribution in [2.75, 3.05) is 13.1 Å². The SMILES string of the molecule is CC(C)C[C@H](NC(=O)OCc1ccncc1)C(=O)NC1CN(Cc2cccc(C#N)c2)CC1O. The molecule has 0 saturated carbocycles. The first kappa shape index (κ1) is 25.1. The van der Waals surface area contributed by atoms with E-state index in [2.05, 4.69) is 21.7 Å². The van der Waals surface area contributed by atoms with E-state index in [0.29, 0.717) is 31.6 Å². The van der Waals surface area contributed by atoms with Crippen molar-refractivity contribution in [3.8, 4) is 6.07 Å². The van der Waals surface area contributed by atoms with Crippen LogP contribution >= 0.6 is 0 Å². The number of carbonyl (C=O) groups excluding carboxylic acids is 2. The number of benzene rings is 1. The topological polar surface area (TPSA) is 128 Å². The fourth-order valence-electron chi connectivity index (χ4n) is 3.93. The van der Waals surface area contributed by atoms with E-state index in [1.807, 2.05) is 36.9 Å². The first-order valence-corrected chi connectivity index (χ1v) is 11.4. The van der Waals surface area contributed by atoms with Gasteiger partial charge in [0.2, 0.25) is 5.91 Å². The summed E-state index contributed by atoms with van der Waals surface area (Å²) in [5, 5.41) is 25.1. The highest BCUT2D eigenvalue weighted by molar-refractivity contribution is 5.85. The van der Waals surface area contributed by atoms with Gasteiger partial charge in [-0.25, -0.2) is 4.79 Å². The van der Waals surface area contributed by atoms with Crippen molar-refractivity contribution < 1.29 is 19.4 Å². The Morgan fingerprint density at radius 2 is 2.00 bits per heavy atom. The average molecular weight is 466 g/mol. The van der Waals surface area contributed by atoms with Crippen LogP contribution in [0.3, 0.4) is 0 Å². The third-order valence-electron chi connectivity index (χ3n) is 5.59. The lowest BCUT2D eigenvalue weighted by molar-refractivity contribution is -0.124. The van der Waals surface area contributed by atoms with E-state index in [0.717, 1.165) is 11.1 Å². The molecule has 9 nitrogen and oxygen atoms in total. The molecule has 0 spiro atoms. The molecule has 0 bridgehead atoms. The summed E-state index contributed by atoms with van der Waals surface area (Å²) in [6, 6.07) is 11.7. The summed E-state index contributed by atoms with van der Waals surface area (Å²) >= 11 is 0. The predicted octanol–water partition coefficient (Wildman–Crippen LogP) is 1.96. The van der Waals surface area contributed by atoms with E-state index in [1.54, 1.807) is 30.6 Å². The number of amides is 2. The number of hydrogen-bond acceptors (Lipinski definition) is 7. The Hall–Kier alpha value is -3.48. The monoisotopic (exact) mass is 465 g/mol. The molecule has 2 aromatic rings. The quantitative estimate of drug-likeness (QED) is 0.516. The number of likely N-dealkylation sites (tertiary alicyclic amines) is 1. The summed E-state index contributed by atoms with van der Waals surface area (Å²) in [6.07, 6.45) is 2.25. The van der Waals surface area contributed by atoms with Gasteiger partial charge in [-0.05, 0) is 47.7 Å². The van der Waals surface area contributed by atoms with E-state index in [-0.39, 0.29) is 18.4 Å². The molecule has 3 rings (SSSR count). The lowest BCUT2D eigenvalue weighted by Crippen LogP contribution is -2.53. The van der Waals surface area contributed by atoms with Crippen LogP contribution in [0.5, 0.6) is 0 Å². The summed E-state index contributed by atoms with van der Waals surface area (Å²) in [7, 11) is 0. The van der Waals surface area contributed by atoms with Gasteiger partial charge in [-0.2, -0.15) is 5.26 Å². The van der Waals surface area contributed by atoms with Gasteiger partial charge in [0.05, 0.1) is 23.8 Å². The Labute approximate surface area is 199 Å². The van der Waals surface area contributed by atoms with Gasteiger partial charge in [-0.15, -0.1) is 0 Å². The van der Waals surface area contributed by atoms with Gasteiger partial charge in [0.15, 0.2) is 0 Å². The number of rotatable bonds is 9. The number of ether oxygens (including phenoxy) is 1. The van der Waals surface area contributed by atoms with Crippen LogP contribution < -0.4 is 10.6 Å². The fourth-order valence-corrected chi connectivity index (χ4v) is 3.93. The van der Waals surface area contributed by atoms with Crippen molar-refractivity contribution in [3.05, 3.63) is 65.5 Å². The molecular formula is C25H31N5O4. The largest absolute Gasteiger partial charge is 0.445 e. The first-order chi connectivity index (χ1) is 16.3. The summed E-state index contributed by atoms with van der Waals surface area (Å²) in [6.45, 7) is 5.43. The minimum atomic E-state index is -0.779. The van der Waals surface area contributed by atoms with Crippen molar-refractivity contribution in [2.45, 2.75) is 51.6 Å². The maximum absolute atomic E-state index is 13.0. The molecule has 1 saturated heterocycles. The van der Waals surface area contributed by atoms with E-state index >= 15 is 0 Å². The molecule has 9 heteroatoms. The molecule has 1 aliphatic rings. The van der Waals surface area contributed by atoms with Gasteiger partial charge in [-0.3, -0.25) is 14.7 Å². The number of aliphatic hydroxyl groups is 1. The third-order valence-corrected chi connectivity index (χ3v) is 5.59. The third kappa shape index (κ3) is 7.54. The Kier molecular flexibility index (Phi) is 8.96. The molecule has 0 radical (unpaired) electrons. The molecule has 3 N–H and O–H groups in total. The normalized spacial score (nSPS) is 18.8. The smallest absolute Gasteiger partial charge is 0.408 e. The van der Waals surface area contributed by atoms with Crippen molar-refractivity contribution >= 4 is 12.0 Å². The van der Waals surface area contributed by atoms with Crippen LogP contribution in [0.2, 0.25) is 0 Å². The van der Waals surface area contributed by atoms with Gasteiger partial charge in [0.25, 0.3) is 0 Å². The zero-order valence-electron chi connectivity index (χ0n) is 19.5. The fraction of sp³-hybridized carbons (Fsp3) is 0.440. The second kappa shape index (κ2) is 12.1. The molecule has 1 aromatic heterocycles. The Morgan fingerprint density at radius 3 is 2.71 bits per heavy atom. The zero-order chi connectivity index (χ0) is 24.5. The number of pyridine rings is 1. The van der Waals surface area contributed by atoms with Crippen LogP contribution in [-0.4, -0.2) is 58.3 Å². The van der Waals surface area contributed by atoms with Gasteiger partial charge in [0.1, 0.15) is 12.6 Å². The molecule has 2 heterocycles. The lowest BCUT2D eigenvalue weighted by Gasteiger charge is -2.23. The molecule has 1 aromatic carbocycles. The molecular weight excluding hydrogens is 434 g/mol. The predicted molar refractivity (Wildman–Crippen MR) is 125 cm³/mol. The maximum Gasteiger partial charge on any atom is 0.408 e. The van der Waals surface area contributed by atoms with Gasteiger partial charge in [0, 0.05) is 32.0 Å². The highest BCUT2D eigenvalue weighted by Crippen LogP contribution is 2.16. The molecule has 3 atom stereocenters. The summed E-state index contributed by atoms with van der Waals surface area (Å²) < 4.78 is 5.25. The molecule has 1 fully saturated rings. The van der Waals surface area contributed by atoms with Crippen LogP contribution in [0.25, 0.3) is 0 Å². The van der Waals surface area contributed by atoms with Crippen molar-refractivity contribution in [1.29, 1.82) is 5.26 Å². The number of hydrogen-bond donors (Lipinski definition) is 3. The van der Waals surface area contributed by atoms with Crippen molar-refractivity contribution in [2.24, 2.45) is 5.92 Å². The summed E-state index contributed by atoms with van der Waals surface area (Å²) in [5.74, 6) is -0.194. The number of nitriles is 1. The Bertz CT molecular complexity index is 1010. The van der Waals surface area contributed by atoms with E-state index in [1.165, 1.54) is 0 Å². The summed E-state index contributed by atoms with van der Waals surface area (Å²) in [5.41, 5.74) is 2.35. The minimum Gasteiger partial charge on any atom is -0.445 e. The van der Waals surface area contributed by atoms with Gasteiger partial charge >= 0.3 is 6.09 Å². The van der Waals surface area contributed by atoms with Crippen LogP contribution in [0.15, 0.2) is 48.8 Å². The highest BCUT2D eigenvalue weighted by atomic mass is 16.5. The minimum absolute atomic E-state index is 0.0771. The molecule has 2 unspecified atom stereocenters. The van der Waals surface area contributed by atoms with Gasteiger partial charge in [-0.1, -0.05) is 26.0 Å². The number of β-amino-alcohol motifs (C(OH)–C–C–N with tert-alkyl or cyclic N) is 1. The van der Waals surface area contributed by atoms with Crippen molar-refractivity contribution in [3.63, 3.8) is 0 Å². The van der Waals surface area contributed by atoms with Crippen LogP contribution in [-0.2, 0) is 22.7 Å². The Balaban J connectivity index is 1.54. The highest BCUT2D eigenvalue weighted by Gasteiger charge is 2.34. The standard InChI is InChI=1S/C25H31N5O4/c1-17(2)10-21(29-25(33)34-16-18-6-8-27-9-7-18)24(32)28-22-14-30(15-23(22)31)13-20-5-3-4-19(11-20)12-26/h3-9,11,17,21-23,31H,10,13-16H2,1-2H3,(H,28,32)(H,29,33)/t21-,22?,23?/m0/s1. The second-order valence-corrected chi connectivity index (χ2v) is 8.95. The number of aromatic nitrogens is 1. The first-order valence-electron chi connectivity index (χ1n) is 11.4. The molecule has 2 amide bonds. The number of nitrogens with zero attached hydrogens (tertiary/aromatic N) is 3. The van der Waals surface area contributed by atoms with E-state index in [4.69, 9.17) is 10.00 Å². The maximum atomic E-state index is 13.0. The number of carbonyl (C=O) groups is 2. The lowest BCUT2D eigenvalue weighted by atomic mass is 10.0.